The van der Waals surface area contributed by atoms with Crippen molar-refractivity contribution in [3.63, 3.8) is 0 Å². The predicted molar refractivity (Wildman–Crippen MR) is 64.1 cm³/mol. The minimum absolute atomic E-state index is 0.0178. The lowest BCUT2D eigenvalue weighted by Crippen LogP contribution is -2.28. The molecular weight excluding hydrogens is 218 g/mol. The molecule has 0 radical (unpaired) electrons. The minimum atomic E-state index is -0.281. The smallest absolute Gasteiger partial charge is 0.261 e. The molecule has 1 unspecified atom stereocenters. The number of likely N-dealkylation sites (tertiary alicyclic amines) is 1. The second-order valence-electron chi connectivity index (χ2n) is 4.49. The molecule has 0 aliphatic carbocycles. The van der Waals surface area contributed by atoms with Crippen molar-refractivity contribution in [2.45, 2.75) is 19.8 Å². The summed E-state index contributed by atoms with van der Waals surface area (Å²) in [5.74, 6) is -0.0617. The first kappa shape index (κ1) is 11.8. The van der Waals surface area contributed by atoms with Crippen LogP contribution >= 0.6 is 0 Å². The molecule has 1 atom stereocenters. The lowest BCUT2D eigenvalue weighted by molar-refractivity contribution is 0.0780. The van der Waals surface area contributed by atoms with E-state index >= 15 is 0 Å². The zero-order valence-corrected chi connectivity index (χ0v) is 9.89. The van der Waals surface area contributed by atoms with Crippen LogP contribution in [-0.2, 0) is 0 Å². The van der Waals surface area contributed by atoms with Crippen LogP contribution in [-0.4, -0.2) is 34.1 Å². The van der Waals surface area contributed by atoms with Crippen LogP contribution in [0.15, 0.2) is 18.2 Å². The Morgan fingerprint density at radius 2 is 2.06 bits per heavy atom. The van der Waals surface area contributed by atoms with Gasteiger partial charge in [0.05, 0.1) is 0 Å². The SMILES string of the molecule is CCC1CCN(C(=O)c2c(O)cccc2O)C1. The quantitative estimate of drug-likeness (QED) is 0.823. The average molecular weight is 235 g/mol. The van der Waals surface area contributed by atoms with Crippen molar-refractivity contribution >= 4 is 5.91 Å². The molecule has 17 heavy (non-hydrogen) atoms. The number of rotatable bonds is 2. The van der Waals surface area contributed by atoms with Crippen molar-refractivity contribution in [2.24, 2.45) is 5.92 Å². The zero-order chi connectivity index (χ0) is 12.4. The molecule has 1 amide bonds. The molecule has 1 aromatic rings. The fourth-order valence-corrected chi connectivity index (χ4v) is 2.26. The maximum absolute atomic E-state index is 12.2. The summed E-state index contributed by atoms with van der Waals surface area (Å²) in [6.45, 7) is 3.52. The molecule has 0 saturated carbocycles. The van der Waals surface area contributed by atoms with Gasteiger partial charge in [0, 0.05) is 13.1 Å². The number of aromatic hydroxyl groups is 2. The number of hydrogen-bond donors (Lipinski definition) is 2. The molecule has 2 N–H and O–H groups in total. The van der Waals surface area contributed by atoms with Crippen molar-refractivity contribution < 1.29 is 15.0 Å². The molecule has 4 nitrogen and oxygen atoms in total. The minimum Gasteiger partial charge on any atom is -0.507 e. The molecular formula is C13H17NO3. The Hall–Kier alpha value is -1.71. The first-order chi connectivity index (χ1) is 8.13. The highest BCUT2D eigenvalue weighted by Crippen LogP contribution is 2.30. The van der Waals surface area contributed by atoms with Crippen molar-refractivity contribution in [3.8, 4) is 11.5 Å². The van der Waals surface area contributed by atoms with Gasteiger partial charge in [-0.3, -0.25) is 4.79 Å². The van der Waals surface area contributed by atoms with Gasteiger partial charge in [0.2, 0.25) is 0 Å². The average Bonchev–Trinajstić information content (AvgIpc) is 2.77. The predicted octanol–water partition coefficient (Wildman–Crippen LogP) is 1.97. The Morgan fingerprint density at radius 1 is 1.41 bits per heavy atom. The Balaban J connectivity index is 2.21. The van der Waals surface area contributed by atoms with Crippen molar-refractivity contribution in [2.75, 3.05) is 13.1 Å². The van der Waals surface area contributed by atoms with Gasteiger partial charge in [-0.15, -0.1) is 0 Å². The maximum Gasteiger partial charge on any atom is 0.261 e. The van der Waals surface area contributed by atoms with E-state index in [1.54, 1.807) is 4.90 Å². The molecule has 92 valence electrons. The summed E-state index contributed by atoms with van der Waals surface area (Å²) in [5.41, 5.74) is 0.0178. The van der Waals surface area contributed by atoms with Gasteiger partial charge in [-0.25, -0.2) is 0 Å². The van der Waals surface area contributed by atoms with E-state index in [1.165, 1.54) is 18.2 Å². The molecule has 1 saturated heterocycles. The first-order valence-electron chi connectivity index (χ1n) is 5.93. The van der Waals surface area contributed by atoms with Crippen LogP contribution in [0.25, 0.3) is 0 Å². The van der Waals surface area contributed by atoms with Gasteiger partial charge >= 0.3 is 0 Å². The molecule has 0 spiro atoms. The summed E-state index contributed by atoms with van der Waals surface area (Å²) < 4.78 is 0. The molecule has 1 aliphatic heterocycles. The Bertz CT molecular complexity index is 410. The molecule has 1 fully saturated rings. The second-order valence-corrected chi connectivity index (χ2v) is 4.49. The largest absolute Gasteiger partial charge is 0.507 e. The van der Waals surface area contributed by atoms with E-state index in [-0.39, 0.29) is 23.0 Å². The van der Waals surface area contributed by atoms with E-state index in [4.69, 9.17) is 0 Å². The van der Waals surface area contributed by atoms with Gasteiger partial charge in [-0.05, 0) is 24.5 Å². The zero-order valence-electron chi connectivity index (χ0n) is 9.89. The van der Waals surface area contributed by atoms with Gasteiger partial charge in [-0.2, -0.15) is 0 Å². The summed E-state index contributed by atoms with van der Waals surface area (Å²) in [7, 11) is 0. The van der Waals surface area contributed by atoms with Crippen molar-refractivity contribution in [1.82, 2.24) is 4.90 Å². The van der Waals surface area contributed by atoms with Crippen LogP contribution in [0.1, 0.15) is 30.1 Å². The highest BCUT2D eigenvalue weighted by atomic mass is 16.3. The number of carbonyl (C=O) groups excluding carboxylic acids is 1. The van der Waals surface area contributed by atoms with E-state index in [2.05, 4.69) is 6.92 Å². The Morgan fingerprint density at radius 3 is 2.59 bits per heavy atom. The van der Waals surface area contributed by atoms with E-state index in [9.17, 15) is 15.0 Å². The summed E-state index contributed by atoms with van der Waals surface area (Å²) in [6, 6.07) is 4.35. The molecule has 1 heterocycles. The van der Waals surface area contributed by atoms with E-state index < -0.39 is 0 Å². The van der Waals surface area contributed by atoms with E-state index in [0.717, 1.165) is 12.8 Å². The third kappa shape index (κ3) is 2.20. The molecule has 1 aliphatic rings. The van der Waals surface area contributed by atoms with Gasteiger partial charge in [-0.1, -0.05) is 19.4 Å². The highest BCUT2D eigenvalue weighted by Gasteiger charge is 2.28. The van der Waals surface area contributed by atoms with Gasteiger partial charge < -0.3 is 15.1 Å². The number of hydrogen-bond acceptors (Lipinski definition) is 3. The van der Waals surface area contributed by atoms with Crippen LogP contribution in [0.4, 0.5) is 0 Å². The highest BCUT2D eigenvalue weighted by molar-refractivity contribution is 5.99. The van der Waals surface area contributed by atoms with Crippen LogP contribution in [0, 0.1) is 5.92 Å². The standard InChI is InChI=1S/C13H17NO3/c1-2-9-6-7-14(8-9)13(17)12-10(15)4-3-5-11(12)16/h3-5,9,15-16H,2,6-8H2,1H3. The third-order valence-electron chi connectivity index (χ3n) is 3.38. The number of phenols is 2. The number of nitrogens with zero attached hydrogens (tertiary/aromatic N) is 1. The normalized spacial score (nSPS) is 19.6. The second kappa shape index (κ2) is 4.65. The summed E-state index contributed by atoms with van der Waals surface area (Å²) in [4.78, 5) is 13.9. The Labute approximate surface area is 100 Å². The summed E-state index contributed by atoms with van der Waals surface area (Å²) in [5, 5.41) is 19.3. The summed E-state index contributed by atoms with van der Waals surface area (Å²) in [6.07, 6.45) is 2.05. The van der Waals surface area contributed by atoms with Crippen molar-refractivity contribution in [3.05, 3.63) is 23.8 Å². The molecule has 0 bridgehead atoms. The fraction of sp³-hybridized carbons (Fsp3) is 0.462. The van der Waals surface area contributed by atoms with Crippen LogP contribution in [0.3, 0.4) is 0 Å². The number of carbonyl (C=O) groups is 1. The van der Waals surface area contributed by atoms with Crippen LogP contribution in [0.2, 0.25) is 0 Å². The lowest BCUT2D eigenvalue weighted by Gasteiger charge is -2.17. The van der Waals surface area contributed by atoms with E-state index in [0.29, 0.717) is 19.0 Å². The summed E-state index contributed by atoms with van der Waals surface area (Å²) >= 11 is 0. The van der Waals surface area contributed by atoms with Crippen LogP contribution < -0.4 is 0 Å². The maximum atomic E-state index is 12.2. The Kier molecular flexibility index (Phi) is 3.22. The number of phenolic OH excluding ortho intramolecular Hbond substituents is 2. The van der Waals surface area contributed by atoms with Crippen LogP contribution in [0.5, 0.6) is 11.5 Å². The molecule has 2 rings (SSSR count). The fourth-order valence-electron chi connectivity index (χ4n) is 2.26. The monoisotopic (exact) mass is 235 g/mol. The van der Waals surface area contributed by atoms with Crippen molar-refractivity contribution in [1.29, 1.82) is 0 Å². The molecule has 1 aromatic carbocycles. The topological polar surface area (TPSA) is 60.8 Å². The van der Waals surface area contributed by atoms with E-state index in [1.807, 2.05) is 0 Å². The lowest BCUT2D eigenvalue weighted by atomic mass is 10.1. The number of amides is 1. The van der Waals surface area contributed by atoms with Gasteiger partial charge in [0.1, 0.15) is 17.1 Å². The van der Waals surface area contributed by atoms with Gasteiger partial charge in [0.15, 0.2) is 0 Å². The van der Waals surface area contributed by atoms with Gasteiger partial charge in [0.25, 0.3) is 5.91 Å². The third-order valence-corrected chi connectivity index (χ3v) is 3.38. The first-order valence-corrected chi connectivity index (χ1v) is 5.93. The number of benzene rings is 1. The molecule has 4 heteroatoms. The molecule has 0 aromatic heterocycles.